The Bertz CT molecular complexity index is 1180. The van der Waals surface area contributed by atoms with Crippen molar-refractivity contribution in [2.24, 2.45) is 5.73 Å². The van der Waals surface area contributed by atoms with Crippen LogP contribution in [0.15, 0.2) is 79.0 Å². The fraction of sp³-hybridized carbons (Fsp3) is 0.160. The van der Waals surface area contributed by atoms with Crippen molar-refractivity contribution >= 4 is 16.8 Å². The summed E-state index contributed by atoms with van der Waals surface area (Å²) < 4.78 is 22.0. The van der Waals surface area contributed by atoms with Gasteiger partial charge in [0.1, 0.15) is 11.6 Å². The first-order valence-electron chi connectivity index (χ1n) is 9.80. The monoisotopic (exact) mass is 402 g/mol. The third-order valence-electron chi connectivity index (χ3n) is 5.39. The maximum absolute atomic E-state index is 14.6. The molecule has 30 heavy (non-hydrogen) atoms. The molecule has 0 aliphatic rings. The first-order chi connectivity index (χ1) is 14.6. The van der Waals surface area contributed by atoms with Crippen LogP contribution in [-0.4, -0.2) is 17.6 Å². The molecule has 4 rings (SSSR count). The Morgan fingerprint density at radius 1 is 1.00 bits per heavy atom. The lowest BCUT2D eigenvalue weighted by atomic mass is 9.87. The summed E-state index contributed by atoms with van der Waals surface area (Å²) in [5.41, 5.74) is 9.04. The molecule has 1 amide bonds. The van der Waals surface area contributed by atoms with E-state index >= 15 is 0 Å². The van der Waals surface area contributed by atoms with Crippen LogP contribution in [-0.2, 0) is 11.3 Å². The first-order valence-corrected chi connectivity index (χ1v) is 9.80. The Labute approximate surface area is 174 Å². The van der Waals surface area contributed by atoms with Crippen molar-refractivity contribution in [3.8, 4) is 5.75 Å². The molecule has 0 radical (unpaired) electrons. The highest BCUT2D eigenvalue weighted by Gasteiger charge is 2.24. The normalized spacial score (nSPS) is 12.1. The van der Waals surface area contributed by atoms with Gasteiger partial charge in [0.2, 0.25) is 5.91 Å². The standard InChI is InChI=1S/C25H23FN2O2/c1-30-18-12-10-17(11-13-18)15-28-16-22(20-7-3-5-9-24(20)28)21(14-25(27)29)19-6-2-4-8-23(19)26/h2-13,16,21H,14-15H2,1H3,(H2,27,29)/t21-/m0/s1. The summed E-state index contributed by atoms with van der Waals surface area (Å²) in [5, 5.41) is 0.987. The van der Waals surface area contributed by atoms with Crippen LogP contribution in [0.25, 0.3) is 10.9 Å². The molecule has 0 spiro atoms. The molecule has 0 aliphatic carbocycles. The molecule has 0 unspecified atom stereocenters. The number of para-hydroxylation sites is 1. The van der Waals surface area contributed by atoms with E-state index in [4.69, 9.17) is 10.5 Å². The minimum atomic E-state index is -0.463. The number of hydrogen-bond acceptors (Lipinski definition) is 2. The quantitative estimate of drug-likeness (QED) is 0.481. The average Bonchev–Trinajstić information content (AvgIpc) is 3.11. The number of hydrogen-bond donors (Lipinski definition) is 1. The van der Waals surface area contributed by atoms with Crippen LogP contribution in [0.4, 0.5) is 4.39 Å². The van der Waals surface area contributed by atoms with Gasteiger partial charge in [0, 0.05) is 36.0 Å². The zero-order valence-electron chi connectivity index (χ0n) is 16.7. The Balaban J connectivity index is 1.81. The molecule has 1 aromatic heterocycles. The van der Waals surface area contributed by atoms with Gasteiger partial charge in [-0.2, -0.15) is 0 Å². The molecule has 1 heterocycles. The Kier molecular flexibility index (Phi) is 5.53. The summed E-state index contributed by atoms with van der Waals surface area (Å²) in [6.07, 6.45) is 2.05. The fourth-order valence-corrected chi connectivity index (χ4v) is 3.96. The lowest BCUT2D eigenvalue weighted by molar-refractivity contribution is -0.118. The lowest BCUT2D eigenvalue weighted by Crippen LogP contribution is -2.17. The number of carbonyl (C=O) groups excluding carboxylic acids is 1. The number of ether oxygens (including phenoxy) is 1. The van der Waals surface area contributed by atoms with Crippen molar-refractivity contribution in [2.75, 3.05) is 7.11 Å². The first kappa shape index (κ1) is 19.7. The van der Waals surface area contributed by atoms with Gasteiger partial charge in [0.25, 0.3) is 0 Å². The van der Waals surface area contributed by atoms with E-state index in [2.05, 4.69) is 4.57 Å². The molecule has 1 atom stereocenters. The third kappa shape index (κ3) is 3.92. The molecular weight excluding hydrogens is 379 g/mol. The molecule has 0 saturated heterocycles. The van der Waals surface area contributed by atoms with Gasteiger partial charge in [-0.05, 0) is 41.0 Å². The molecule has 3 aromatic carbocycles. The molecule has 4 nitrogen and oxygen atoms in total. The summed E-state index contributed by atoms with van der Waals surface area (Å²) in [6, 6.07) is 22.4. The number of aromatic nitrogens is 1. The zero-order chi connectivity index (χ0) is 21.1. The largest absolute Gasteiger partial charge is 0.497 e. The summed E-state index contributed by atoms with van der Waals surface area (Å²) >= 11 is 0. The highest BCUT2D eigenvalue weighted by atomic mass is 19.1. The van der Waals surface area contributed by atoms with Gasteiger partial charge in [-0.3, -0.25) is 4.79 Å². The van der Waals surface area contributed by atoms with Crippen LogP contribution < -0.4 is 10.5 Å². The van der Waals surface area contributed by atoms with E-state index in [-0.39, 0.29) is 12.2 Å². The lowest BCUT2D eigenvalue weighted by Gasteiger charge is -2.16. The fourth-order valence-electron chi connectivity index (χ4n) is 3.96. The minimum absolute atomic E-state index is 0.0392. The predicted octanol–water partition coefficient (Wildman–Crippen LogP) is 4.84. The van der Waals surface area contributed by atoms with E-state index in [1.165, 1.54) is 6.07 Å². The SMILES string of the molecule is COc1ccc(Cn2cc([C@@H](CC(N)=O)c3ccccc3F)c3ccccc32)cc1. The number of halogens is 1. The second kappa shape index (κ2) is 8.41. The van der Waals surface area contributed by atoms with Crippen molar-refractivity contribution in [1.82, 2.24) is 4.57 Å². The van der Waals surface area contributed by atoms with Crippen LogP contribution in [0.1, 0.15) is 29.0 Å². The van der Waals surface area contributed by atoms with Crippen LogP contribution >= 0.6 is 0 Å². The van der Waals surface area contributed by atoms with E-state index in [1.54, 1.807) is 25.3 Å². The minimum Gasteiger partial charge on any atom is -0.497 e. The molecule has 4 aromatic rings. The second-order valence-corrected chi connectivity index (χ2v) is 7.32. The van der Waals surface area contributed by atoms with Gasteiger partial charge >= 0.3 is 0 Å². The smallest absolute Gasteiger partial charge is 0.218 e. The van der Waals surface area contributed by atoms with Crippen molar-refractivity contribution in [1.29, 1.82) is 0 Å². The van der Waals surface area contributed by atoms with E-state index in [1.807, 2.05) is 54.7 Å². The van der Waals surface area contributed by atoms with Gasteiger partial charge in [-0.15, -0.1) is 0 Å². The van der Waals surface area contributed by atoms with Gasteiger partial charge in [0.15, 0.2) is 0 Å². The topological polar surface area (TPSA) is 57.2 Å². The molecule has 0 saturated carbocycles. The number of nitrogens with two attached hydrogens (primary N) is 1. The number of methoxy groups -OCH3 is 1. The number of amides is 1. The van der Waals surface area contributed by atoms with Crippen LogP contribution in [0.5, 0.6) is 5.75 Å². The van der Waals surface area contributed by atoms with Crippen LogP contribution in [0.3, 0.4) is 0 Å². The molecule has 2 N–H and O–H groups in total. The van der Waals surface area contributed by atoms with E-state index < -0.39 is 11.8 Å². The van der Waals surface area contributed by atoms with Crippen LogP contribution in [0.2, 0.25) is 0 Å². The number of carbonyl (C=O) groups is 1. The summed E-state index contributed by atoms with van der Waals surface area (Å²) in [7, 11) is 1.64. The average molecular weight is 402 g/mol. The molecule has 0 aliphatic heterocycles. The molecular formula is C25H23FN2O2. The van der Waals surface area contributed by atoms with Crippen molar-refractivity contribution in [3.63, 3.8) is 0 Å². The second-order valence-electron chi connectivity index (χ2n) is 7.32. The van der Waals surface area contributed by atoms with Crippen molar-refractivity contribution < 1.29 is 13.9 Å². The molecule has 0 bridgehead atoms. The maximum Gasteiger partial charge on any atom is 0.218 e. The van der Waals surface area contributed by atoms with E-state index in [0.717, 1.165) is 27.8 Å². The highest BCUT2D eigenvalue weighted by molar-refractivity contribution is 5.86. The van der Waals surface area contributed by atoms with Crippen molar-refractivity contribution in [2.45, 2.75) is 18.9 Å². The number of nitrogens with zero attached hydrogens (tertiary/aromatic N) is 1. The Morgan fingerprint density at radius 2 is 1.70 bits per heavy atom. The summed E-state index contributed by atoms with van der Waals surface area (Å²) in [6.45, 7) is 0.644. The highest BCUT2D eigenvalue weighted by Crippen LogP contribution is 2.36. The van der Waals surface area contributed by atoms with Crippen molar-refractivity contribution in [3.05, 3.63) is 102 Å². The van der Waals surface area contributed by atoms with E-state index in [0.29, 0.717) is 12.1 Å². The van der Waals surface area contributed by atoms with Gasteiger partial charge in [-0.1, -0.05) is 48.5 Å². The van der Waals surface area contributed by atoms with Gasteiger partial charge in [-0.25, -0.2) is 4.39 Å². The molecule has 152 valence electrons. The maximum atomic E-state index is 14.6. The van der Waals surface area contributed by atoms with Gasteiger partial charge < -0.3 is 15.0 Å². The Morgan fingerprint density at radius 3 is 2.40 bits per heavy atom. The number of benzene rings is 3. The summed E-state index contributed by atoms with van der Waals surface area (Å²) in [4.78, 5) is 11.8. The number of primary amides is 1. The third-order valence-corrected chi connectivity index (χ3v) is 5.39. The number of rotatable bonds is 7. The zero-order valence-corrected chi connectivity index (χ0v) is 16.7. The van der Waals surface area contributed by atoms with Crippen LogP contribution in [0, 0.1) is 5.82 Å². The predicted molar refractivity (Wildman–Crippen MR) is 116 cm³/mol. The molecule has 0 fully saturated rings. The Hall–Kier alpha value is -3.60. The molecule has 5 heteroatoms. The van der Waals surface area contributed by atoms with E-state index in [9.17, 15) is 9.18 Å². The van der Waals surface area contributed by atoms with Gasteiger partial charge in [0.05, 0.1) is 7.11 Å². The number of fused-ring (bicyclic) bond motifs is 1. The summed E-state index contributed by atoms with van der Waals surface area (Å²) in [5.74, 6) is -0.449.